The summed E-state index contributed by atoms with van der Waals surface area (Å²) in [5.74, 6) is 1.00. The summed E-state index contributed by atoms with van der Waals surface area (Å²) in [6, 6.07) is 0. The van der Waals surface area contributed by atoms with E-state index in [1.165, 1.54) is 24.2 Å². The SMILES string of the molecule is OC1CNCC1CNCc1c(C2CC2)nc2sccn12. The van der Waals surface area contributed by atoms with Crippen LogP contribution in [-0.2, 0) is 6.54 Å². The molecule has 2 aromatic heterocycles. The molecule has 4 rings (SSSR count). The molecule has 1 aliphatic heterocycles. The number of aromatic nitrogens is 2. The summed E-state index contributed by atoms with van der Waals surface area (Å²) in [4.78, 5) is 5.88. The van der Waals surface area contributed by atoms with Crippen LogP contribution in [0.1, 0.15) is 30.1 Å². The first-order valence-electron chi connectivity index (χ1n) is 7.37. The fourth-order valence-corrected chi connectivity index (χ4v) is 3.75. The van der Waals surface area contributed by atoms with Gasteiger partial charge in [-0.05, 0) is 12.8 Å². The Bertz CT molecular complexity index is 603. The van der Waals surface area contributed by atoms with E-state index in [1.54, 1.807) is 11.3 Å². The summed E-state index contributed by atoms with van der Waals surface area (Å²) in [6.07, 6.45) is 4.46. The first-order chi connectivity index (χ1) is 9.83. The minimum Gasteiger partial charge on any atom is -0.391 e. The van der Waals surface area contributed by atoms with Crippen molar-refractivity contribution >= 4 is 16.3 Å². The smallest absolute Gasteiger partial charge is 0.194 e. The number of aliphatic hydroxyl groups is 1. The summed E-state index contributed by atoms with van der Waals surface area (Å²) in [7, 11) is 0. The molecule has 1 aliphatic carbocycles. The minimum atomic E-state index is -0.211. The normalized spacial score (nSPS) is 26.6. The lowest BCUT2D eigenvalue weighted by Crippen LogP contribution is -2.30. The highest BCUT2D eigenvalue weighted by molar-refractivity contribution is 7.15. The van der Waals surface area contributed by atoms with Gasteiger partial charge in [-0.3, -0.25) is 4.40 Å². The highest BCUT2D eigenvalue weighted by Crippen LogP contribution is 2.41. The van der Waals surface area contributed by atoms with Crippen LogP contribution in [0.15, 0.2) is 11.6 Å². The Balaban J connectivity index is 1.47. The van der Waals surface area contributed by atoms with Crippen LogP contribution in [-0.4, -0.2) is 40.2 Å². The van der Waals surface area contributed by atoms with Crippen molar-refractivity contribution in [2.75, 3.05) is 19.6 Å². The number of fused-ring (bicyclic) bond motifs is 1. The van der Waals surface area contributed by atoms with Crippen LogP contribution in [0.2, 0.25) is 0 Å². The first-order valence-corrected chi connectivity index (χ1v) is 8.24. The summed E-state index contributed by atoms with van der Waals surface area (Å²) in [6.45, 7) is 3.33. The summed E-state index contributed by atoms with van der Waals surface area (Å²) < 4.78 is 2.22. The van der Waals surface area contributed by atoms with Gasteiger partial charge < -0.3 is 15.7 Å². The van der Waals surface area contributed by atoms with E-state index in [4.69, 9.17) is 4.98 Å². The zero-order valence-corrected chi connectivity index (χ0v) is 12.2. The monoisotopic (exact) mass is 292 g/mol. The maximum absolute atomic E-state index is 9.82. The molecular formula is C14H20N4OS. The zero-order valence-electron chi connectivity index (χ0n) is 11.4. The van der Waals surface area contributed by atoms with Gasteiger partial charge in [-0.25, -0.2) is 4.98 Å². The van der Waals surface area contributed by atoms with Crippen molar-refractivity contribution < 1.29 is 5.11 Å². The van der Waals surface area contributed by atoms with E-state index >= 15 is 0 Å². The Morgan fingerprint density at radius 2 is 2.35 bits per heavy atom. The highest BCUT2D eigenvalue weighted by Gasteiger charge is 2.30. The Kier molecular flexibility index (Phi) is 3.26. The van der Waals surface area contributed by atoms with E-state index in [2.05, 4.69) is 26.6 Å². The molecule has 2 fully saturated rings. The molecule has 5 nitrogen and oxygen atoms in total. The van der Waals surface area contributed by atoms with Crippen molar-refractivity contribution in [2.45, 2.75) is 31.4 Å². The Hall–Kier alpha value is -0.950. The van der Waals surface area contributed by atoms with Crippen molar-refractivity contribution in [1.82, 2.24) is 20.0 Å². The first kappa shape index (κ1) is 12.8. The molecule has 1 saturated carbocycles. The van der Waals surface area contributed by atoms with Gasteiger partial charge in [-0.2, -0.15) is 0 Å². The molecule has 2 aromatic rings. The van der Waals surface area contributed by atoms with Crippen LogP contribution >= 0.6 is 11.3 Å². The number of hydrogen-bond donors (Lipinski definition) is 3. The lowest BCUT2D eigenvalue weighted by Gasteiger charge is -2.14. The minimum absolute atomic E-state index is 0.211. The third kappa shape index (κ3) is 2.26. The van der Waals surface area contributed by atoms with Gasteiger partial charge in [0.15, 0.2) is 4.96 Å². The van der Waals surface area contributed by atoms with E-state index in [9.17, 15) is 5.11 Å². The van der Waals surface area contributed by atoms with Gasteiger partial charge in [0.1, 0.15) is 0 Å². The van der Waals surface area contributed by atoms with Crippen molar-refractivity contribution in [2.24, 2.45) is 5.92 Å². The number of nitrogens with one attached hydrogen (secondary N) is 2. The third-order valence-corrected chi connectivity index (χ3v) is 5.12. The average Bonchev–Trinajstić information content (AvgIpc) is 2.89. The largest absolute Gasteiger partial charge is 0.391 e. The predicted molar refractivity (Wildman–Crippen MR) is 79.1 cm³/mol. The molecule has 2 unspecified atom stereocenters. The summed E-state index contributed by atoms with van der Waals surface area (Å²) in [5, 5.41) is 18.6. The molecule has 0 amide bonds. The van der Waals surface area contributed by atoms with Gasteiger partial charge in [0, 0.05) is 49.6 Å². The van der Waals surface area contributed by atoms with Crippen molar-refractivity contribution in [1.29, 1.82) is 0 Å². The molecule has 0 aromatic carbocycles. The van der Waals surface area contributed by atoms with Crippen LogP contribution in [0.4, 0.5) is 0 Å². The standard InChI is InChI=1S/C14H20N4OS/c19-12-8-16-6-10(12)5-15-7-11-13(9-1-2-9)17-14-18(11)3-4-20-14/h3-4,9-10,12,15-16,19H,1-2,5-8H2. The molecule has 0 bridgehead atoms. The number of aliphatic hydroxyl groups excluding tert-OH is 1. The highest BCUT2D eigenvalue weighted by atomic mass is 32.1. The molecule has 20 heavy (non-hydrogen) atoms. The van der Waals surface area contributed by atoms with Crippen LogP contribution in [0.25, 0.3) is 4.96 Å². The second kappa shape index (κ2) is 5.11. The van der Waals surface area contributed by atoms with Crippen LogP contribution < -0.4 is 10.6 Å². The number of β-amino-alcohol motifs (C(OH)–C–C–N with tert-alkyl or cyclic N) is 1. The zero-order chi connectivity index (χ0) is 13.5. The van der Waals surface area contributed by atoms with Crippen LogP contribution in [0.3, 0.4) is 0 Å². The maximum atomic E-state index is 9.82. The number of nitrogens with zero attached hydrogens (tertiary/aromatic N) is 2. The third-order valence-electron chi connectivity index (χ3n) is 4.36. The maximum Gasteiger partial charge on any atom is 0.194 e. The van der Waals surface area contributed by atoms with Gasteiger partial charge in [0.25, 0.3) is 0 Å². The van der Waals surface area contributed by atoms with E-state index in [1.807, 2.05) is 0 Å². The lowest BCUT2D eigenvalue weighted by molar-refractivity contribution is 0.146. The molecule has 6 heteroatoms. The number of hydrogen-bond acceptors (Lipinski definition) is 5. The van der Waals surface area contributed by atoms with Gasteiger partial charge >= 0.3 is 0 Å². The van der Waals surface area contributed by atoms with Gasteiger partial charge in [-0.15, -0.1) is 11.3 Å². The predicted octanol–water partition coefficient (Wildman–Crippen LogP) is 0.943. The van der Waals surface area contributed by atoms with Crippen molar-refractivity contribution in [3.8, 4) is 0 Å². The Morgan fingerprint density at radius 1 is 1.45 bits per heavy atom. The van der Waals surface area contributed by atoms with Gasteiger partial charge in [-0.1, -0.05) is 0 Å². The second-order valence-electron chi connectivity index (χ2n) is 5.89. The van der Waals surface area contributed by atoms with E-state index in [-0.39, 0.29) is 6.10 Å². The quantitative estimate of drug-likeness (QED) is 0.768. The average molecular weight is 292 g/mol. The van der Waals surface area contributed by atoms with E-state index < -0.39 is 0 Å². The fourth-order valence-electron chi connectivity index (χ4n) is 3.01. The Morgan fingerprint density at radius 3 is 3.10 bits per heavy atom. The number of rotatable bonds is 5. The topological polar surface area (TPSA) is 61.6 Å². The van der Waals surface area contributed by atoms with Gasteiger partial charge in [0.2, 0.25) is 0 Å². The van der Waals surface area contributed by atoms with Crippen molar-refractivity contribution in [3.63, 3.8) is 0 Å². The number of imidazole rings is 1. The second-order valence-corrected chi connectivity index (χ2v) is 6.76. The molecule has 2 atom stereocenters. The molecule has 1 saturated heterocycles. The van der Waals surface area contributed by atoms with Crippen LogP contribution in [0.5, 0.6) is 0 Å². The Labute approximate surface area is 122 Å². The molecule has 3 heterocycles. The van der Waals surface area contributed by atoms with E-state index in [0.717, 1.165) is 31.1 Å². The number of thiazole rings is 1. The summed E-state index contributed by atoms with van der Waals surface area (Å²) in [5.41, 5.74) is 2.60. The molecule has 2 aliphatic rings. The molecular weight excluding hydrogens is 272 g/mol. The van der Waals surface area contributed by atoms with Crippen molar-refractivity contribution in [3.05, 3.63) is 23.0 Å². The van der Waals surface area contributed by atoms with Crippen LogP contribution in [0, 0.1) is 5.92 Å². The molecule has 108 valence electrons. The molecule has 0 spiro atoms. The molecule has 0 radical (unpaired) electrons. The molecule has 3 N–H and O–H groups in total. The van der Waals surface area contributed by atoms with E-state index in [0.29, 0.717) is 11.8 Å². The lowest BCUT2D eigenvalue weighted by atomic mass is 10.1. The fraction of sp³-hybridized carbons (Fsp3) is 0.643. The van der Waals surface area contributed by atoms with Gasteiger partial charge in [0.05, 0.1) is 17.5 Å². The summed E-state index contributed by atoms with van der Waals surface area (Å²) >= 11 is 1.70.